The van der Waals surface area contributed by atoms with Gasteiger partial charge in [0, 0.05) is 19.2 Å². The standard InChI is InChI=1S/C13H19NO2S/c1-10(15)12-6-11(8-17-12)7-14(2)13(4-5-13)9-16-3/h6,8H,4-5,7,9H2,1-3H3. The number of ether oxygens (including phenoxy) is 1. The van der Waals surface area contributed by atoms with Crippen LogP contribution in [0.25, 0.3) is 0 Å². The lowest BCUT2D eigenvalue weighted by atomic mass is 10.2. The molecule has 0 radical (unpaired) electrons. The van der Waals surface area contributed by atoms with Crippen molar-refractivity contribution >= 4 is 17.1 Å². The van der Waals surface area contributed by atoms with Gasteiger partial charge in [-0.25, -0.2) is 0 Å². The Balaban J connectivity index is 1.98. The molecule has 0 bridgehead atoms. The van der Waals surface area contributed by atoms with E-state index in [0.717, 1.165) is 18.0 Å². The Morgan fingerprint density at radius 2 is 2.29 bits per heavy atom. The summed E-state index contributed by atoms with van der Waals surface area (Å²) >= 11 is 1.54. The Morgan fingerprint density at radius 3 is 2.76 bits per heavy atom. The molecule has 1 fully saturated rings. The lowest BCUT2D eigenvalue weighted by molar-refractivity contribution is 0.0872. The van der Waals surface area contributed by atoms with E-state index in [2.05, 4.69) is 17.3 Å². The molecule has 0 amide bonds. The van der Waals surface area contributed by atoms with Crippen molar-refractivity contribution in [2.75, 3.05) is 20.8 Å². The largest absolute Gasteiger partial charge is 0.383 e. The van der Waals surface area contributed by atoms with E-state index < -0.39 is 0 Å². The van der Waals surface area contributed by atoms with Gasteiger partial charge in [0.2, 0.25) is 0 Å². The lowest BCUT2D eigenvalue weighted by Crippen LogP contribution is -2.36. The van der Waals surface area contributed by atoms with Gasteiger partial charge in [0.15, 0.2) is 5.78 Å². The van der Waals surface area contributed by atoms with E-state index in [4.69, 9.17) is 4.74 Å². The molecule has 0 atom stereocenters. The molecule has 17 heavy (non-hydrogen) atoms. The Hall–Kier alpha value is -0.710. The van der Waals surface area contributed by atoms with Gasteiger partial charge in [0.1, 0.15) is 0 Å². The van der Waals surface area contributed by atoms with Crippen LogP contribution >= 0.6 is 11.3 Å². The Morgan fingerprint density at radius 1 is 1.59 bits per heavy atom. The van der Waals surface area contributed by atoms with E-state index in [1.807, 2.05) is 6.07 Å². The fraction of sp³-hybridized carbons (Fsp3) is 0.615. The van der Waals surface area contributed by atoms with E-state index in [0.29, 0.717) is 0 Å². The van der Waals surface area contributed by atoms with Crippen LogP contribution in [0.5, 0.6) is 0 Å². The molecule has 1 aromatic rings. The van der Waals surface area contributed by atoms with Crippen molar-refractivity contribution in [2.45, 2.75) is 31.8 Å². The van der Waals surface area contributed by atoms with Crippen molar-refractivity contribution in [2.24, 2.45) is 0 Å². The van der Waals surface area contributed by atoms with Crippen LogP contribution in [0.15, 0.2) is 11.4 Å². The monoisotopic (exact) mass is 253 g/mol. The third-order valence-corrected chi connectivity index (χ3v) is 4.55. The zero-order chi connectivity index (χ0) is 12.5. The van der Waals surface area contributed by atoms with Crippen LogP contribution in [0.3, 0.4) is 0 Å². The second-order valence-electron chi connectivity index (χ2n) is 4.89. The average molecular weight is 253 g/mol. The number of carbonyl (C=O) groups is 1. The van der Waals surface area contributed by atoms with Crippen LogP contribution in [-0.2, 0) is 11.3 Å². The van der Waals surface area contributed by atoms with Gasteiger partial charge in [-0.2, -0.15) is 0 Å². The highest BCUT2D eigenvalue weighted by Crippen LogP contribution is 2.41. The first-order chi connectivity index (χ1) is 8.07. The first kappa shape index (κ1) is 12.7. The van der Waals surface area contributed by atoms with Crippen LogP contribution in [0.4, 0.5) is 0 Å². The zero-order valence-corrected chi connectivity index (χ0v) is 11.5. The molecule has 0 aliphatic heterocycles. The van der Waals surface area contributed by atoms with Gasteiger partial charge in [-0.05, 0) is 43.8 Å². The smallest absolute Gasteiger partial charge is 0.169 e. The quantitative estimate of drug-likeness (QED) is 0.730. The molecule has 4 heteroatoms. The molecule has 0 spiro atoms. The molecule has 94 valence electrons. The zero-order valence-electron chi connectivity index (χ0n) is 10.7. The maximum Gasteiger partial charge on any atom is 0.169 e. The number of hydrogen-bond acceptors (Lipinski definition) is 4. The highest BCUT2D eigenvalue weighted by atomic mass is 32.1. The number of ketones is 1. The number of rotatable bonds is 6. The number of methoxy groups -OCH3 is 1. The first-order valence-corrected chi connectivity index (χ1v) is 6.74. The number of Topliss-reactive ketones (excluding diaryl/α,β-unsaturated/α-hetero) is 1. The maximum atomic E-state index is 11.2. The van der Waals surface area contributed by atoms with Gasteiger partial charge < -0.3 is 4.74 Å². The van der Waals surface area contributed by atoms with Gasteiger partial charge in [-0.1, -0.05) is 0 Å². The van der Waals surface area contributed by atoms with Gasteiger partial charge in [0.05, 0.1) is 11.5 Å². The Bertz CT molecular complexity index is 409. The minimum atomic E-state index is 0.155. The first-order valence-electron chi connectivity index (χ1n) is 5.86. The van der Waals surface area contributed by atoms with E-state index >= 15 is 0 Å². The fourth-order valence-corrected chi connectivity index (χ4v) is 2.94. The van der Waals surface area contributed by atoms with Crippen LogP contribution < -0.4 is 0 Å². The second kappa shape index (κ2) is 4.88. The molecule has 0 unspecified atom stereocenters. The molecular weight excluding hydrogens is 234 g/mol. The van der Waals surface area contributed by atoms with E-state index in [1.54, 1.807) is 14.0 Å². The van der Waals surface area contributed by atoms with Gasteiger partial charge >= 0.3 is 0 Å². The summed E-state index contributed by atoms with van der Waals surface area (Å²) in [6, 6.07) is 2.01. The maximum absolute atomic E-state index is 11.2. The highest BCUT2D eigenvalue weighted by Gasteiger charge is 2.46. The molecule has 0 saturated heterocycles. The van der Waals surface area contributed by atoms with Crippen molar-refractivity contribution in [3.63, 3.8) is 0 Å². The molecular formula is C13H19NO2S. The SMILES string of the molecule is COCC1(N(C)Cc2csc(C(C)=O)c2)CC1. The van der Waals surface area contributed by atoms with Crippen molar-refractivity contribution in [1.82, 2.24) is 4.90 Å². The molecule has 2 rings (SSSR count). The molecule has 1 saturated carbocycles. The molecule has 1 aromatic heterocycles. The average Bonchev–Trinajstić information content (AvgIpc) is 2.90. The van der Waals surface area contributed by atoms with Crippen molar-refractivity contribution in [3.8, 4) is 0 Å². The van der Waals surface area contributed by atoms with Crippen molar-refractivity contribution in [3.05, 3.63) is 21.9 Å². The molecule has 0 aromatic carbocycles. The van der Waals surface area contributed by atoms with Crippen LogP contribution in [-0.4, -0.2) is 37.0 Å². The van der Waals surface area contributed by atoms with E-state index in [9.17, 15) is 4.79 Å². The number of hydrogen-bond donors (Lipinski definition) is 0. The normalized spacial score (nSPS) is 17.4. The summed E-state index contributed by atoms with van der Waals surface area (Å²) < 4.78 is 5.28. The second-order valence-corrected chi connectivity index (χ2v) is 5.80. The molecule has 1 aliphatic carbocycles. The van der Waals surface area contributed by atoms with Gasteiger partial charge in [-0.15, -0.1) is 11.3 Å². The Labute approximate surface area is 106 Å². The third kappa shape index (κ3) is 2.76. The van der Waals surface area contributed by atoms with E-state index in [1.165, 1.54) is 29.7 Å². The number of thiophene rings is 1. The summed E-state index contributed by atoms with van der Waals surface area (Å²) in [6.45, 7) is 3.31. The van der Waals surface area contributed by atoms with Gasteiger partial charge in [-0.3, -0.25) is 9.69 Å². The number of carbonyl (C=O) groups excluding carboxylic acids is 1. The topological polar surface area (TPSA) is 29.5 Å². The number of nitrogens with zero attached hydrogens (tertiary/aromatic N) is 1. The molecule has 1 aliphatic rings. The summed E-state index contributed by atoms with van der Waals surface area (Å²) in [6.07, 6.45) is 2.42. The van der Waals surface area contributed by atoms with Crippen LogP contribution in [0, 0.1) is 0 Å². The summed E-state index contributed by atoms with van der Waals surface area (Å²) in [5, 5.41) is 2.08. The summed E-state index contributed by atoms with van der Waals surface area (Å²) in [5.74, 6) is 0.155. The van der Waals surface area contributed by atoms with Crippen molar-refractivity contribution in [1.29, 1.82) is 0 Å². The lowest BCUT2D eigenvalue weighted by Gasteiger charge is -2.26. The predicted molar refractivity (Wildman–Crippen MR) is 69.6 cm³/mol. The van der Waals surface area contributed by atoms with Crippen molar-refractivity contribution < 1.29 is 9.53 Å². The van der Waals surface area contributed by atoms with Crippen LogP contribution in [0.1, 0.15) is 35.0 Å². The minimum absolute atomic E-state index is 0.155. The number of likely N-dealkylation sites (N-methyl/N-ethyl adjacent to an activating group) is 1. The summed E-state index contributed by atoms with van der Waals surface area (Å²) in [7, 11) is 3.89. The molecule has 0 N–H and O–H groups in total. The van der Waals surface area contributed by atoms with Crippen LogP contribution in [0.2, 0.25) is 0 Å². The predicted octanol–water partition coefficient (Wildman–Crippen LogP) is 2.56. The third-order valence-electron chi connectivity index (χ3n) is 3.47. The molecule has 1 heterocycles. The Kier molecular flexibility index (Phi) is 3.66. The van der Waals surface area contributed by atoms with Gasteiger partial charge in [0.25, 0.3) is 0 Å². The van der Waals surface area contributed by atoms with E-state index in [-0.39, 0.29) is 11.3 Å². The summed E-state index contributed by atoms with van der Waals surface area (Å²) in [4.78, 5) is 14.4. The minimum Gasteiger partial charge on any atom is -0.383 e. The molecule has 3 nitrogen and oxygen atoms in total. The fourth-order valence-electron chi connectivity index (χ4n) is 2.13. The summed E-state index contributed by atoms with van der Waals surface area (Å²) in [5.41, 5.74) is 1.47. The highest BCUT2D eigenvalue weighted by molar-refractivity contribution is 7.12.